The molecule has 1 fully saturated rings. The summed E-state index contributed by atoms with van der Waals surface area (Å²) in [4.78, 5) is 2.51. The quantitative estimate of drug-likeness (QED) is 0.725. The van der Waals surface area contributed by atoms with E-state index in [1.165, 1.54) is 32.4 Å². The van der Waals surface area contributed by atoms with Gasteiger partial charge in [-0.3, -0.25) is 0 Å². The molecule has 2 nitrogen and oxygen atoms in total. The summed E-state index contributed by atoms with van der Waals surface area (Å²) in [6.45, 7) is 10.1. The third-order valence-electron chi connectivity index (χ3n) is 2.92. The van der Waals surface area contributed by atoms with Gasteiger partial charge in [-0.1, -0.05) is 13.3 Å². The van der Waals surface area contributed by atoms with Gasteiger partial charge < -0.3 is 10.6 Å². The molecule has 0 radical (unpaired) electrons. The summed E-state index contributed by atoms with van der Waals surface area (Å²) in [5.41, 5.74) is 5.96. The van der Waals surface area contributed by atoms with Crippen LogP contribution in [0.25, 0.3) is 0 Å². The van der Waals surface area contributed by atoms with Crippen LogP contribution in [0.4, 0.5) is 0 Å². The molecule has 78 valence electrons. The molecule has 1 aliphatic rings. The van der Waals surface area contributed by atoms with Gasteiger partial charge in [-0.2, -0.15) is 0 Å². The average Bonchev–Trinajstić information content (AvgIpc) is 2.03. The van der Waals surface area contributed by atoms with Crippen LogP contribution in [0.3, 0.4) is 0 Å². The lowest BCUT2D eigenvalue weighted by Crippen LogP contribution is -2.47. The molecule has 1 rings (SSSR count). The van der Waals surface area contributed by atoms with Crippen LogP contribution in [-0.2, 0) is 0 Å². The molecule has 0 bridgehead atoms. The van der Waals surface area contributed by atoms with Crippen molar-refractivity contribution in [3.05, 3.63) is 0 Å². The van der Waals surface area contributed by atoms with Crippen LogP contribution in [-0.4, -0.2) is 30.1 Å². The number of hydrogen-bond donors (Lipinski definition) is 1. The van der Waals surface area contributed by atoms with Crippen molar-refractivity contribution in [1.82, 2.24) is 4.90 Å². The molecule has 2 N–H and O–H groups in total. The zero-order valence-corrected chi connectivity index (χ0v) is 9.34. The molecular weight excluding hydrogens is 160 g/mol. The largest absolute Gasteiger partial charge is 0.324 e. The predicted molar refractivity (Wildman–Crippen MR) is 57.7 cm³/mol. The Kier molecular flexibility index (Phi) is 3.74. The van der Waals surface area contributed by atoms with Crippen LogP contribution < -0.4 is 5.73 Å². The van der Waals surface area contributed by atoms with Crippen molar-refractivity contribution < 1.29 is 0 Å². The van der Waals surface area contributed by atoms with E-state index >= 15 is 0 Å². The first-order chi connectivity index (χ1) is 6.01. The topological polar surface area (TPSA) is 29.3 Å². The van der Waals surface area contributed by atoms with Gasteiger partial charge in [0.15, 0.2) is 0 Å². The Labute approximate surface area is 82.5 Å². The molecule has 13 heavy (non-hydrogen) atoms. The normalized spacial score (nSPS) is 22.2. The van der Waals surface area contributed by atoms with E-state index in [1.54, 1.807) is 0 Å². The Morgan fingerprint density at radius 2 is 1.85 bits per heavy atom. The first-order valence-electron chi connectivity index (χ1n) is 5.52. The van der Waals surface area contributed by atoms with Gasteiger partial charge in [0.1, 0.15) is 0 Å². The highest BCUT2D eigenvalue weighted by molar-refractivity contribution is 4.80. The van der Waals surface area contributed by atoms with Crippen molar-refractivity contribution in [3.8, 4) is 0 Å². The van der Waals surface area contributed by atoms with Crippen LogP contribution in [0.15, 0.2) is 0 Å². The number of nitrogens with zero attached hydrogens (tertiary/aromatic N) is 1. The maximum absolute atomic E-state index is 5.99. The summed E-state index contributed by atoms with van der Waals surface area (Å²) in [6, 6.07) is 0. The SMILES string of the molecule is CCC1CCN(CC(C)(C)N)CC1. The van der Waals surface area contributed by atoms with Crippen LogP contribution in [0.5, 0.6) is 0 Å². The standard InChI is InChI=1S/C11H24N2/c1-4-10-5-7-13(8-6-10)9-11(2,3)12/h10H,4-9,12H2,1-3H3. The van der Waals surface area contributed by atoms with Gasteiger partial charge in [-0.15, -0.1) is 0 Å². The molecular formula is C11H24N2. The maximum Gasteiger partial charge on any atom is 0.0226 e. The lowest BCUT2D eigenvalue weighted by atomic mass is 9.93. The van der Waals surface area contributed by atoms with Crippen molar-refractivity contribution in [2.24, 2.45) is 11.7 Å². The first kappa shape index (κ1) is 11.0. The van der Waals surface area contributed by atoms with Gasteiger partial charge in [0.25, 0.3) is 0 Å². The van der Waals surface area contributed by atoms with Gasteiger partial charge in [-0.05, 0) is 45.7 Å². The molecule has 1 aliphatic heterocycles. The minimum atomic E-state index is -0.0287. The van der Waals surface area contributed by atoms with E-state index in [0.717, 1.165) is 12.5 Å². The van der Waals surface area contributed by atoms with Crippen LogP contribution >= 0.6 is 0 Å². The van der Waals surface area contributed by atoms with E-state index in [9.17, 15) is 0 Å². The Morgan fingerprint density at radius 1 is 1.31 bits per heavy atom. The average molecular weight is 184 g/mol. The Balaban J connectivity index is 2.25. The molecule has 0 amide bonds. The molecule has 0 saturated carbocycles. The van der Waals surface area contributed by atoms with Gasteiger partial charge in [-0.25, -0.2) is 0 Å². The highest BCUT2D eigenvalue weighted by Gasteiger charge is 2.21. The molecule has 2 heteroatoms. The number of nitrogens with two attached hydrogens (primary N) is 1. The van der Waals surface area contributed by atoms with Crippen LogP contribution in [0, 0.1) is 5.92 Å². The molecule has 0 aromatic heterocycles. The summed E-state index contributed by atoms with van der Waals surface area (Å²) in [5.74, 6) is 0.970. The molecule has 0 atom stereocenters. The van der Waals surface area contributed by atoms with Crippen LogP contribution in [0.1, 0.15) is 40.0 Å². The van der Waals surface area contributed by atoms with Crippen LogP contribution in [0.2, 0.25) is 0 Å². The fraction of sp³-hybridized carbons (Fsp3) is 1.00. The second-order valence-electron chi connectivity index (χ2n) is 5.12. The van der Waals surface area contributed by atoms with Crippen molar-refractivity contribution >= 4 is 0 Å². The number of hydrogen-bond acceptors (Lipinski definition) is 2. The Hall–Kier alpha value is -0.0800. The lowest BCUT2D eigenvalue weighted by Gasteiger charge is -2.35. The second kappa shape index (κ2) is 4.43. The fourth-order valence-electron chi connectivity index (χ4n) is 2.13. The van der Waals surface area contributed by atoms with Gasteiger partial charge in [0.05, 0.1) is 0 Å². The maximum atomic E-state index is 5.99. The van der Waals surface area contributed by atoms with E-state index in [1.807, 2.05) is 0 Å². The summed E-state index contributed by atoms with van der Waals surface area (Å²) in [6.07, 6.45) is 4.08. The van der Waals surface area contributed by atoms with Gasteiger partial charge in [0.2, 0.25) is 0 Å². The zero-order chi connectivity index (χ0) is 9.90. The minimum Gasteiger partial charge on any atom is -0.324 e. The summed E-state index contributed by atoms with van der Waals surface area (Å²) >= 11 is 0. The smallest absolute Gasteiger partial charge is 0.0226 e. The lowest BCUT2D eigenvalue weighted by molar-refractivity contribution is 0.156. The Bertz CT molecular complexity index is 141. The third-order valence-corrected chi connectivity index (χ3v) is 2.92. The molecule has 0 aromatic carbocycles. The molecule has 0 aromatic rings. The van der Waals surface area contributed by atoms with Crippen molar-refractivity contribution in [3.63, 3.8) is 0 Å². The monoisotopic (exact) mass is 184 g/mol. The molecule has 0 aliphatic carbocycles. The number of piperidine rings is 1. The summed E-state index contributed by atoms with van der Waals surface area (Å²) in [7, 11) is 0. The molecule has 1 saturated heterocycles. The van der Waals surface area contributed by atoms with E-state index in [2.05, 4.69) is 25.7 Å². The van der Waals surface area contributed by atoms with Gasteiger partial charge >= 0.3 is 0 Å². The van der Waals surface area contributed by atoms with E-state index in [-0.39, 0.29) is 5.54 Å². The van der Waals surface area contributed by atoms with E-state index in [0.29, 0.717) is 0 Å². The van der Waals surface area contributed by atoms with E-state index < -0.39 is 0 Å². The fourth-order valence-corrected chi connectivity index (χ4v) is 2.13. The highest BCUT2D eigenvalue weighted by atomic mass is 15.1. The van der Waals surface area contributed by atoms with Gasteiger partial charge in [0, 0.05) is 12.1 Å². The Morgan fingerprint density at radius 3 is 2.23 bits per heavy atom. The summed E-state index contributed by atoms with van der Waals surface area (Å²) in [5, 5.41) is 0. The van der Waals surface area contributed by atoms with Crippen molar-refractivity contribution in [2.75, 3.05) is 19.6 Å². The van der Waals surface area contributed by atoms with E-state index in [4.69, 9.17) is 5.73 Å². The molecule has 0 spiro atoms. The van der Waals surface area contributed by atoms with Crippen molar-refractivity contribution in [2.45, 2.75) is 45.6 Å². The third kappa shape index (κ3) is 4.10. The van der Waals surface area contributed by atoms with Crippen molar-refractivity contribution in [1.29, 1.82) is 0 Å². The number of rotatable bonds is 3. The molecule has 1 heterocycles. The molecule has 0 unspecified atom stereocenters. The predicted octanol–water partition coefficient (Wildman–Crippen LogP) is 1.85. The second-order valence-corrected chi connectivity index (χ2v) is 5.12. The first-order valence-corrected chi connectivity index (χ1v) is 5.52. The number of likely N-dealkylation sites (tertiary alicyclic amines) is 1. The zero-order valence-electron chi connectivity index (χ0n) is 9.34. The summed E-state index contributed by atoms with van der Waals surface area (Å²) < 4.78 is 0. The minimum absolute atomic E-state index is 0.0287. The highest BCUT2D eigenvalue weighted by Crippen LogP contribution is 2.20.